The van der Waals surface area contributed by atoms with E-state index in [1.807, 2.05) is 13.8 Å². The highest BCUT2D eigenvalue weighted by molar-refractivity contribution is 4.83. The largest absolute Gasteiger partial charge is 0.394 e. The van der Waals surface area contributed by atoms with E-state index in [-0.39, 0.29) is 13.0 Å². The van der Waals surface area contributed by atoms with Crippen molar-refractivity contribution in [3.8, 4) is 0 Å². The zero-order valence-corrected chi connectivity index (χ0v) is 7.31. The highest BCUT2D eigenvalue weighted by Gasteiger charge is 2.24. The van der Waals surface area contributed by atoms with E-state index in [1.165, 1.54) is 0 Å². The average Bonchev–Trinajstić information content (AvgIpc) is 1.87. The van der Waals surface area contributed by atoms with E-state index in [1.54, 1.807) is 0 Å². The van der Waals surface area contributed by atoms with Crippen LogP contribution in [0.5, 0.6) is 0 Å². The van der Waals surface area contributed by atoms with Gasteiger partial charge in [-0.15, -0.1) is 0 Å². The summed E-state index contributed by atoms with van der Waals surface area (Å²) < 4.78 is 11.9. The third-order valence-corrected chi connectivity index (χ3v) is 1.72. The normalized spacial score (nSPS) is 16.9. The Morgan fingerprint density at radius 1 is 1.55 bits per heavy atom. The Bertz CT molecular complexity index is 108. The lowest BCUT2D eigenvalue weighted by Crippen LogP contribution is -2.45. The van der Waals surface area contributed by atoms with Crippen LogP contribution < -0.4 is 5.73 Å². The average molecular weight is 163 g/mol. The van der Waals surface area contributed by atoms with Gasteiger partial charge in [-0.3, -0.25) is 4.39 Å². The molecule has 0 aliphatic rings. The van der Waals surface area contributed by atoms with Gasteiger partial charge in [0.25, 0.3) is 0 Å². The predicted octanol–water partition coefficient (Wildman–Crippen LogP) is 1.08. The molecular weight excluding hydrogens is 145 g/mol. The first kappa shape index (κ1) is 10.8. The molecule has 0 aliphatic heterocycles. The minimum Gasteiger partial charge on any atom is -0.394 e. The highest BCUT2D eigenvalue weighted by atomic mass is 19.1. The summed E-state index contributed by atoms with van der Waals surface area (Å²) in [5.74, 6) is 0.402. The van der Waals surface area contributed by atoms with Crippen molar-refractivity contribution in [2.24, 2.45) is 11.7 Å². The van der Waals surface area contributed by atoms with Gasteiger partial charge in [-0.05, 0) is 18.8 Å². The number of nitrogens with two attached hydrogens (primary N) is 1. The van der Waals surface area contributed by atoms with E-state index < -0.39 is 12.2 Å². The molecule has 0 saturated carbocycles. The molecular formula is C8H18FNO. The van der Waals surface area contributed by atoms with Crippen molar-refractivity contribution < 1.29 is 9.50 Å². The molecule has 0 heterocycles. The molecule has 0 spiro atoms. The van der Waals surface area contributed by atoms with Crippen LogP contribution in [0.1, 0.15) is 26.7 Å². The smallest absolute Gasteiger partial charge is 0.0912 e. The van der Waals surface area contributed by atoms with Crippen molar-refractivity contribution in [2.45, 2.75) is 32.2 Å². The van der Waals surface area contributed by atoms with Gasteiger partial charge >= 0.3 is 0 Å². The first-order valence-electron chi connectivity index (χ1n) is 4.00. The molecule has 0 rings (SSSR count). The summed E-state index contributed by atoms with van der Waals surface area (Å²) in [6, 6.07) is 0. The van der Waals surface area contributed by atoms with Crippen LogP contribution in [-0.4, -0.2) is 23.9 Å². The third kappa shape index (κ3) is 4.32. The van der Waals surface area contributed by atoms with E-state index in [0.29, 0.717) is 12.3 Å². The molecule has 1 atom stereocenters. The van der Waals surface area contributed by atoms with Gasteiger partial charge in [0.15, 0.2) is 0 Å². The maximum Gasteiger partial charge on any atom is 0.0912 e. The number of halogens is 1. The van der Waals surface area contributed by atoms with Crippen LogP contribution in [0, 0.1) is 5.92 Å². The van der Waals surface area contributed by atoms with Crippen molar-refractivity contribution in [2.75, 3.05) is 13.3 Å². The van der Waals surface area contributed by atoms with Gasteiger partial charge in [-0.2, -0.15) is 0 Å². The number of hydrogen-bond donors (Lipinski definition) is 2. The van der Waals surface area contributed by atoms with E-state index in [2.05, 4.69) is 0 Å². The van der Waals surface area contributed by atoms with Crippen LogP contribution in [0.3, 0.4) is 0 Å². The molecule has 0 aromatic rings. The van der Waals surface area contributed by atoms with Gasteiger partial charge in [-0.1, -0.05) is 13.8 Å². The second-order valence-corrected chi connectivity index (χ2v) is 3.56. The maximum atomic E-state index is 11.9. The van der Waals surface area contributed by atoms with Gasteiger partial charge in [-0.25, -0.2) is 0 Å². The fraction of sp³-hybridized carbons (Fsp3) is 1.00. The molecule has 0 saturated heterocycles. The van der Waals surface area contributed by atoms with Crippen LogP contribution in [0.4, 0.5) is 4.39 Å². The molecule has 0 amide bonds. The zero-order chi connectivity index (χ0) is 8.91. The maximum absolute atomic E-state index is 11.9. The third-order valence-electron chi connectivity index (χ3n) is 1.72. The molecule has 68 valence electrons. The second kappa shape index (κ2) is 4.67. The fourth-order valence-corrected chi connectivity index (χ4v) is 1.25. The molecule has 0 fully saturated rings. The van der Waals surface area contributed by atoms with Gasteiger partial charge < -0.3 is 10.8 Å². The van der Waals surface area contributed by atoms with Crippen LogP contribution in [0.25, 0.3) is 0 Å². The monoisotopic (exact) mass is 163 g/mol. The predicted molar refractivity (Wildman–Crippen MR) is 44.1 cm³/mol. The molecule has 3 heteroatoms. The van der Waals surface area contributed by atoms with Crippen LogP contribution in [0.2, 0.25) is 0 Å². The molecule has 0 unspecified atom stereocenters. The zero-order valence-electron chi connectivity index (χ0n) is 7.31. The number of aliphatic hydroxyl groups is 1. The summed E-state index contributed by atoms with van der Waals surface area (Å²) >= 11 is 0. The molecule has 0 radical (unpaired) electrons. The van der Waals surface area contributed by atoms with Gasteiger partial charge in [0, 0.05) is 5.54 Å². The molecule has 11 heavy (non-hydrogen) atoms. The Hall–Kier alpha value is -0.150. The van der Waals surface area contributed by atoms with E-state index >= 15 is 0 Å². The highest BCUT2D eigenvalue weighted by Crippen LogP contribution is 2.17. The number of rotatable bonds is 5. The SMILES string of the molecule is CC(C)C[C@@](N)(CO)CCF. The number of aliphatic hydroxyl groups excluding tert-OH is 1. The first-order valence-corrected chi connectivity index (χ1v) is 4.00. The van der Waals surface area contributed by atoms with Crippen molar-refractivity contribution in [1.29, 1.82) is 0 Å². The van der Waals surface area contributed by atoms with Gasteiger partial charge in [0.05, 0.1) is 13.3 Å². The van der Waals surface area contributed by atoms with Crippen LogP contribution >= 0.6 is 0 Å². The molecule has 0 bridgehead atoms. The van der Waals surface area contributed by atoms with E-state index in [0.717, 1.165) is 0 Å². The summed E-state index contributed by atoms with van der Waals surface area (Å²) in [5.41, 5.74) is 5.01. The summed E-state index contributed by atoms with van der Waals surface area (Å²) in [6.07, 6.45) is 0.926. The van der Waals surface area contributed by atoms with Crippen molar-refractivity contribution >= 4 is 0 Å². The van der Waals surface area contributed by atoms with Gasteiger partial charge in [0.2, 0.25) is 0 Å². The van der Waals surface area contributed by atoms with Crippen LogP contribution in [-0.2, 0) is 0 Å². The van der Waals surface area contributed by atoms with Crippen molar-refractivity contribution in [3.63, 3.8) is 0 Å². The fourth-order valence-electron chi connectivity index (χ4n) is 1.25. The lowest BCUT2D eigenvalue weighted by atomic mass is 9.88. The standard InChI is InChI=1S/C8H18FNO/c1-7(2)5-8(10,6-11)3-4-9/h7,11H,3-6,10H2,1-2H3/t8-/m1/s1. The summed E-state index contributed by atoms with van der Waals surface area (Å²) in [6.45, 7) is 3.43. The second-order valence-electron chi connectivity index (χ2n) is 3.56. The minimum absolute atomic E-state index is 0.130. The molecule has 0 aromatic carbocycles. The molecule has 2 nitrogen and oxygen atoms in total. The Labute approximate surface area is 67.6 Å². The number of alkyl halides is 1. The Kier molecular flexibility index (Phi) is 4.61. The van der Waals surface area contributed by atoms with Crippen molar-refractivity contribution in [3.05, 3.63) is 0 Å². The summed E-state index contributed by atoms with van der Waals surface area (Å²) in [4.78, 5) is 0. The lowest BCUT2D eigenvalue weighted by Gasteiger charge is -2.27. The van der Waals surface area contributed by atoms with Crippen molar-refractivity contribution in [1.82, 2.24) is 0 Å². The summed E-state index contributed by atoms with van der Waals surface area (Å²) in [5, 5.41) is 8.87. The molecule has 3 N–H and O–H groups in total. The number of hydrogen-bond acceptors (Lipinski definition) is 2. The summed E-state index contributed by atoms with van der Waals surface area (Å²) in [7, 11) is 0. The Balaban J connectivity index is 3.87. The van der Waals surface area contributed by atoms with Crippen LogP contribution in [0.15, 0.2) is 0 Å². The minimum atomic E-state index is -0.705. The topological polar surface area (TPSA) is 46.2 Å². The Morgan fingerprint density at radius 3 is 2.36 bits per heavy atom. The molecule has 0 aliphatic carbocycles. The Morgan fingerprint density at radius 2 is 2.09 bits per heavy atom. The van der Waals surface area contributed by atoms with Gasteiger partial charge in [0.1, 0.15) is 0 Å². The quantitative estimate of drug-likeness (QED) is 0.637. The van der Waals surface area contributed by atoms with E-state index in [9.17, 15) is 4.39 Å². The van der Waals surface area contributed by atoms with E-state index in [4.69, 9.17) is 10.8 Å². The first-order chi connectivity index (χ1) is 5.04. The lowest BCUT2D eigenvalue weighted by molar-refractivity contribution is 0.156. The molecule has 0 aromatic heterocycles.